The number of carbonyl (C=O) groups excluding carboxylic acids is 3. The van der Waals surface area contributed by atoms with Crippen molar-refractivity contribution in [1.29, 1.82) is 0 Å². The van der Waals surface area contributed by atoms with E-state index in [1.54, 1.807) is 0 Å². The largest absolute Gasteiger partial charge is 0.465 e. The van der Waals surface area contributed by atoms with Crippen molar-refractivity contribution in [3.05, 3.63) is 59.2 Å². The van der Waals surface area contributed by atoms with Crippen molar-refractivity contribution >= 4 is 35.3 Å². The summed E-state index contributed by atoms with van der Waals surface area (Å²) in [6.45, 7) is 0. The Labute approximate surface area is 157 Å². The molecule has 0 aliphatic rings. The molecule has 2 rings (SSSR count). The molecule has 0 bridgehead atoms. The maximum absolute atomic E-state index is 12.4. The van der Waals surface area contributed by atoms with Crippen LogP contribution in [0.15, 0.2) is 47.4 Å². The molecule has 1 amide bonds. The fourth-order valence-corrected chi connectivity index (χ4v) is 2.66. The highest BCUT2D eigenvalue weighted by molar-refractivity contribution is 7.99. The minimum atomic E-state index is -2.55. The zero-order chi connectivity index (χ0) is 20.0. The van der Waals surface area contributed by atoms with Crippen LogP contribution < -0.4 is 5.32 Å². The van der Waals surface area contributed by atoms with Crippen molar-refractivity contribution in [1.82, 2.24) is 0 Å². The normalized spacial score (nSPS) is 10.4. The molecule has 0 aliphatic heterocycles. The number of nitrogens with one attached hydrogen (secondary N) is 1. The van der Waals surface area contributed by atoms with Gasteiger partial charge in [0.2, 0.25) is 0 Å². The fourth-order valence-electron chi connectivity index (χ4n) is 2.16. The van der Waals surface area contributed by atoms with Crippen molar-refractivity contribution in [2.45, 2.75) is 10.7 Å². The molecule has 0 atom stereocenters. The molecule has 0 spiro atoms. The Morgan fingerprint density at radius 2 is 1.41 bits per heavy atom. The molecule has 9 heteroatoms. The Balaban J connectivity index is 2.25. The molecule has 0 fully saturated rings. The molecule has 0 saturated carbocycles. The summed E-state index contributed by atoms with van der Waals surface area (Å²) in [6, 6.07) is 9.56. The molecule has 0 aromatic heterocycles. The molecule has 27 heavy (non-hydrogen) atoms. The van der Waals surface area contributed by atoms with Crippen molar-refractivity contribution in [3.8, 4) is 0 Å². The van der Waals surface area contributed by atoms with E-state index in [4.69, 9.17) is 0 Å². The molecule has 0 aliphatic carbocycles. The summed E-state index contributed by atoms with van der Waals surface area (Å²) in [5.74, 6) is -4.47. The van der Waals surface area contributed by atoms with E-state index in [1.807, 2.05) is 0 Å². The SMILES string of the molecule is COC(=O)c1cc(NC(=O)c2ccc(SC(F)F)cc2)cc(C(=O)OC)c1. The van der Waals surface area contributed by atoms with E-state index in [1.165, 1.54) is 56.7 Å². The number of methoxy groups -OCH3 is 2. The molecule has 6 nitrogen and oxygen atoms in total. The zero-order valence-corrected chi connectivity index (χ0v) is 15.1. The third-order valence-electron chi connectivity index (χ3n) is 3.37. The number of carbonyl (C=O) groups is 3. The monoisotopic (exact) mass is 395 g/mol. The first-order valence-corrected chi connectivity index (χ1v) is 8.40. The van der Waals surface area contributed by atoms with Gasteiger partial charge in [0.1, 0.15) is 0 Å². The summed E-state index contributed by atoms with van der Waals surface area (Å²) < 4.78 is 33.9. The minimum Gasteiger partial charge on any atom is -0.465 e. The predicted octanol–water partition coefficient (Wildman–Crippen LogP) is 3.83. The van der Waals surface area contributed by atoms with Gasteiger partial charge < -0.3 is 14.8 Å². The maximum Gasteiger partial charge on any atom is 0.337 e. The van der Waals surface area contributed by atoms with Crippen LogP contribution in [0.2, 0.25) is 0 Å². The van der Waals surface area contributed by atoms with Crippen LogP contribution in [0, 0.1) is 0 Å². The number of alkyl halides is 2. The lowest BCUT2D eigenvalue weighted by Crippen LogP contribution is -2.14. The van der Waals surface area contributed by atoms with Gasteiger partial charge in [0.25, 0.3) is 11.7 Å². The molecular formula is C18H15F2NO5S. The van der Waals surface area contributed by atoms with Crippen LogP contribution >= 0.6 is 11.8 Å². The third kappa shape index (κ3) is 5.52. The van der Waals surface area contributed by atoms with Gasteiger partial charge in [0, 0.05) is 16.1 Å². The van der Waals surface area contributed by atoms with Gasteiger partial charge in [0.05, 0.1) is 25.3 Å². The predicted molar refractivity (Wildman–Crippen MR) is 95.4 cm³/mol. The molecule has 2 aromatic carbocycles. The molecule has 0 saturated heterocycles. The van der Waals surface area contributed by atoms with E-state index in [2.05, 4.69) is 14.8 Å². The highest BCUT2D eigenvalue weighted by Crippen LogP contribution is 2.25. The van der Waals surface area contributed by atoms with E-state index >= 15 is 0 Å². The molecule has 0 unspecified atom stereocenters. The number of benzene rings is 2. The highest BCUT2D eigenvalue weighted by Gasteiger charge is 2.16. The van der Waals surface area contributed by atoms with Gasteiger partial charge in [-0.3, -0.25) is 4.79 Å². The number of amides is 1. The van der Waals surface area contributed by atoms with Crippen molar-refractivity contribution in [3.63, 3.8) is 0 Å². The lowest BCUT2D eigenvalue weighted by atomic mass is 10.1. The number of anilines is 1. The summed E-state index contributed by atoms with van der Waals surface area (Å²) >= 11 is 0.370. The van der Waals surface area contributed by atoms with E-state index in [9.17, 15) is 23.2 Å². The Hall–Kier alpha value is -2.94. The van der Waals surface area contributed by atoms with Gasteiger partial charge in [-0.2, -0.15) is 8.78 Å². The van der Waals surface area contributed by atoms with E-state index in [0.717, 1.165) is 0 Å². The van der Waals surface area contributed by atoms with Crippen LogP contribution in [0.4, 0.5) is 14.5 Å². The second kappa shape index (κ2) is 9.13. The molecular weight excluding hydrogens is 380 g/mol. The summed E-state index contributed by atoms with van der Waals surface area (Å²) in [5.41, 5.74) is 0.504. The Morgan fingerprint density at radius 3 is 1.85 bits per heavy atom. The first-order chi connectivity index (χ1) is 12.8. The van der Waals surface area contributed by atoms with Gasteiger partial charge in [-0.15, -0.1) is 0 Å². The van der Waals surface area contributed by atoms with Crippen molar-refractivity contribution in [2.24, 2.45) is 0 Å². The summed E-state index contributed by atoms with van der Waals surface area (Å²) in [7, 11) is 2.37. The number of esters is 2. The summed E-state index contributed by atoms with van der Waals surface area (Å²) in [5, 5.41) is 2.55. The lowest BCUT2D eigenvalue weighted by Gasteiger charge is -2.10. The minimum absolute atomic E-state index is 0.0550. The molecule has 0 heterocycles. The van der Waals surface area contributed by atoms with Crippen LogP contribution in [-0.2, 0) is 9.47 Å². The van der Waals surface area contributed by atoms with Gasteiger partial charge in [0.15, 0.2) is 0 Å². The Kier molecular flexibility index (Phi) is 6.89. The maximum atomic E-state index is 12.4. The highest BCUT2D eigenvalue weighted by atomic mass is 32.2. The van der Waals surface area contributed by atoms with E-state index in [-0.39, 0.29) is 22.4 Å². The first-order valence-electron chi connectivity index (χ1n) is 7.52. The molecule has 0 radical (unpaired) electrons. The van der Waals surface area contributed by atoms with Crippen LogP contribution in [-0.4, -0.2) is 37.8 Å². The summed E-state index contributed by atoms with van der Waals surface area (Å²) in [4.78, 5) is 36.2. The van der Waals surface area contributed by atoms with Crippen LogP contribution in [0.1, 0.15) is 31.1 Å². The topological polar surface area (TPSA) is 81.7 Å². The molecule has 142 valence electrons. The van der Waals surface area contributed by atoms with Crippen LogP contribution in [0.5, 0.6) is 0 Å². The fraction of sp³-hybridized carbons (Fsp3) is 0.167. The Morgan fingerprint density at radius 1 is 0.889 bits per heavy atom. The zero-order valence-electron chi connectivity index (χ0n) is 14.3. The van der Waals surface area contributed by atoms with Gasteiger partial charge in [-0.05, 0) is 42.5 Å². The van der Waals surface area contributed by atoms with E-state index < -0.39 is 23.6 Å². The number of hydrogen-bond donors (Lipinski definition) is 1. The van der Waals surface area contributed by atoms with Gasteiger partial charge in [-0.25, -0.2) is 9.59 Å². The van der Waals surface area contributed by atoms with Crippen LogP contribution in [0.25, 0.3) is 0 Å². The number of thioether (sulfide) groups is 1. The quantitative estimate of drug-likeness (QED) is 0.591. The first kappa shape index (κ1) is 20.4. The standard InChI is InChI=1S/C18H15F2NO5S/c1-25-16(23)11-7-12(17(24)26-2)9-13(8-11)21-15(22)10-3-5-14(6-4-10)27-18(19)20/h3-9,18H,1-2H3,(H,21,22). The van der Waals surface area contributed by atoms with Crippen molar-refractivity contribution in [2.75, 3.05) is 19.5 Å². The second-order valence-corrected chi connectivity index (χ2v) is 6.20. The summed E-state index contributed by atoms with van der Waals surface area (Å²) in [6.07, 6.45) is 0. The number of rotatable bonds is 6. The smallest absolute Gasteiger partial charge is 0.337 e. The molecule has 1 N–H and O–H groups in total. The number of hydrogen-bond acceptors (Lipinski definition) is 6. The lowest BCUT2D eigenvalue weighted by molar-refractivity contribution is 0.0599. The average Bonchev–Trinajstić information content (AvgIpc) is 2.66. The number of ether oxygens (including phenoxy) is 2. The van der Waals surface area contributed by atoms with Gasteiger partial charge in [-0.1, -0.05) is 11.8 Å². The molecule has 2 aromatic rings. The average molecular weight is 395 g/mol. The second-order valence-electron chi connectivity index (χ2n) is 5.14. The van der Waals surface area contributed by atoms with Crippen molar-refractivity contribution < 1.29 is 32.6 Å². The van der Waals surface area contributed by atoms with Crippen LogP contribution in [0.3, 0.4) is 0 Å². The number of halogens is 2. The van der Waals surface area contributed by atoms with E-state index in [0.29, 0.717) is 16.7 Å². The third-order valence-corrected chi connectivity index (χ3v) is 4.10. The van der Waals surface area contributed by atoms with Gasteiger partial charge >= 0.3 is 11.9 Å². The Bertz CT molecular complexity index is 821.